The monoisotopic (exact) mass is 340 g/mol. The molecule has 8 heteroatoms. The number of hydrogen-bond donors (Lipinski definition) is 3. The molecule has 23 heavy (non-hydrogen) atoms. The number of rotatable bonds is 5. The van der Waals surface area contributed by atoms with Gasteiger partial charge in [0.1, 0.15) is 0 Å². The van der Waals surface area contributed by atoms with Gasteiger partial charge in [-0.2, -0.15) is 0 Å². The molecular formula is C15H21ClN4O3. The average Bonchev–Trinajstić information content (AvgIpc) is 2.55. The molecule has 0 saturated carbocycles. The number of hydrogen-bond acceptors (Lipinski definition) is 5. The number of benzene rings is 1. The summed E-state index contributed by atoms with van der Waals surface area (Å²) in [6.07, 6.45) is 0. The van der Waals surface area contributed by atoms with Crippen LogP contribution in [0.4, 0.5) is 0 Å². The standard InChI is InChI=1S/C15H21ClN4O3/c16-13-4-2-1-3-12(13)15(23)18-17-14(22)11-20-7-5-19(6-8-20)9-10-21/h1-4,21H,5-11H2,(H,17,22)(H,18,23). The van der Waals surface area contributed by atoms with Gasteiger partial charge in [0.05, 0.1) is 23.7 Å². The molecule has 0 aliphatic carbocycles. The second-order valence-corrected chi connectivity index (χ2v) is 5.73. The maximum absolute atomic E-state index is 11.9. The van der Waals surface area contributed by atoms with Gasteiger partial charge >= 0.3 is 0 Å². The first-order valence-corrected chi connectivity index (χ1v) is 7.87. The van der Waals surface area contributed by atoms with Crippen LogP contribution in [-0.4, -0.2) is 72.6 Å². The Hall–Kier alpha value is -1.67. The van der Waals surface area contributed by atoms with Crippen molar-refractivity contribution in [3.63, 3.8) is 0 Å². The van der Waals surface area contributed by atoms with Crippen molar-refractivity contribution >= 4 is 23.4 Å². The summed E-state index contributed by atoms with van der Waals surface area (Å²) in [6, 6.07) is 6.64. The van der Waals surface area contributed by atoms with Crippen LogP contribution in [0.25, 0.3) is 0 Å². The summed E-state index contributed by atoms with van der Waals surface area (Å²) < 4.78 is 0. The van der Waals surface area contributed by atoms with Crippen LogP contribution in [0, 0.1) is 0 Å². The Labute approximate surface area is 140 Å². The van der Waals surface area contributed by atoms with E-state index >= 15 is 0 Å². The minimum Gasteiger partial charge on any atom is -0.395 e. The molecule has 3 N–H and O–H groups in total. The van der Waals surface area contributed by atoms with Crippen LogP contribution in [0.5, 0.6) is 0 Å². The number of hydrazine groups is 1. The number of piperazine rings is 1. The largest absolute Gasteiger partial charge is 0.395 e. The minimum atomic E-state index is -0.447. The maximum atomic E-state index is 11.9. The Morgan fingerprint density at radius 3 is 2.39 bits per heavy atom. The van der Waals surface area contributed by atoms with Crippen molar-refractivity contribution in [1.82, 2.24) is 20.7 Å². The van der Waals surface area contributed by atoms with Gasteiger partial charge in [-0.15, -0.1) is 0 Å². The summed E-state index contributed by atoms with van der Waals surface area (Å²) in [5, 5.41) is 9.23. The zero-order chi connectivity index (χ0) is 16.7. The third kappa shape index (κ3) is 5.47. The molecule has 1 aliphatic heterocycles. The summed E-state index contributed by atoms with van der Waals surface area (Å²) in [5.74, 6) is -0.724. The van der Waals surface area contributed by atoms with Crippen LogP contribution in [0.15, 0.2) is 24.3 Å². The second kappa shape index (κ2) is 8.83. The van der Waals surface area contributed by atoms with Crippen molar-refractivity contribution < 1.29 is 14.7 Å². The van der Waals surface area contributed by atoms with Crippen molar-refractivity contribution in [2.75, 3.05) is 45.9 Å². The molecule has 0 unspecified atom stereocenters. The molecule has 2 rings (SSSR count). The minimum absolute atomic E-state index is 0.147. The van der Waals surface area contributed by atoms with Crippen LogP contribution in [0.1, 0.15) is 10.4 Å². The lowest BCUT2D eigenvalue weighted by Crippen LogP contribution is -2.52. The number of aliphatic hydroxyl groups excluding tert-OH is 1. The molecule has 2 amide bonds. The van der Waals surface area contributed by atoms with E-state index in [1.807, 2.05) is 4.90 Å². The molecule has 0 spiro atoms. The third-order valence-corrected chi connectivity index (χ3v) is 4.01. The number of carbonyl (C=O) groups excluding carboxylic acids is 2. The molecule has 0 bridgehead atoms. The number of carbonyl (C=O) groups is 2. The van der Waals surface area contributed by atoms with E-state index < -0.39 is 5.91 Å². The van der Waals surface area contributed by atoms with Crippen molar-refractivity contribution in [2.24, 2.45) is 0 Å². The molecule has 1 aromatic rings. The van der Waals surface area contributed by atoms with E-state index in [4.69, 9.17) is 16.7 Å². The van der Waals surface area contributed by atoms with Gasteiger partial charge in [0.25, 0.3) is 11.8 Å². The van der Waals surface area contributed by atoms with Crippen molar-refractivity contribution in [1.29, 1.82) is 0 Å². The smallest absolute Gasteiger partial charge is 0.271 e. The molecule has 0 atom stereocenters. The number of amides is 2. The molecule has 7 nitrogen and oxygen atoms in total. The van der Waals surface area contributed by atoms with Crippen molar-refractivity contribution in [2.45, 2.75) is 0 Å². The normalized spacial score (nSPS) is 16.1. The van der Waals surface area contributed by atoms with Crippen LogP contribution in [-0.2, 0) is 4.79 Å². The molecule has 1 fully saturated rings. The van der Waals surface area contributed by atoms with Crippen LogP contribution >= 0.6 is 11.6 Å². The van der Waals surface area contributed by atoms with Crippen LogP contribution in [0.3, 0.4) is 0 Å². The zero-order valence-corrected chi connectivity index (χ0v) is 13.6. The van der Waals surface area contributed by atoms with Gasteiger partial charge in [-0.05, 0) is 12.1 Å². The third-order valence-electron chi connectivity index (χ3n) is 3.68. The van der Waals surface area contributed by atoms with Gasteiger partial charge in [-0.1, -0.05) is 23.7 Å². The van der Waals surface area contributed by atoms with Gasteiger partial charge in [-0.3, -0.25) is 30.2 Å². The first-order chi connectivity index (χ1) is 11.1. The maximum Gasteiger partial charge on any atom is 0.271 e. The highest BCUT2D eigenvalue weighted by molar-refractivity contribution is 6.33. The highest BCUT2D eigenvalue weighted by Crippen LogP contribution is 2.14. The molecule has 126 valence electrons. The Balaban J connectivity index is 1.71. The van der Waals surface area contributed by atoms with E-state index in [2.05, 4.69) is 15.8 Å². The predicted molar refractivity (Wildman–Crippen MR) is 87.0 cm³/mol. The predicted octanol–water partition coefficient (Wildman–Crippen LogP) is -0.289. The van der Waals surface area contributed by atoms with E-state index in [1.54, 1.807) is 24.3 Å². The van der Waals surface area contributed by atoms with E-state index in [9.17, 15) is 9.59 Å². The average molecular weight is 341 g/mol. The summed E-state index contributed by atoms with van der Waals surface area (Å²) in [4.78, 5) is 28.0. The first-order valence-electron chi connectivity index (χ1n) is 7.49. The summed E-state index contributed by atoms with van der Waals surface area (Å²) >= 11 is 5.93. The number of β-amino-alcohol motifs (C(OH)–C–C–N with tert-alkyl or cyclic N) is 1. The lowest BCUT2D eigenvalue weighted by molar-refractivity contribution is -0.123. The SMILES string of the molecule is O=C(CN1CCN(CCO)CC1)NNC(=O)c1ccccc1Cl. The van der Waals surface area contributed by atoms with E-state index in [0.29, 0.717) is 17.1 Å². The van der Waals surface area contributed by atoms with Gasteiger partial charge in [-0.25, -0.2) is 0 Å². The quantitative estimate of drug-likeness (QED) is 0.642. The Morgan fingerprint density at radius 2 is 1.74 bits per heavy atom. The van der Waals surface area contributed by atoms with E-state index in [-0.39, 0.29) is 19.1 Å². The van der Waals surface area contributed by atoms with Gasteiger partial charge in [0.15, 0.2) is 0 Å². The number of nitrogens with zero attached hydrogens (tertiary/aromatic N) is 2. The lowest BCUT2D eigenvalue weighted by atomic mass is 10.2. The molecule has 1 aliphatic rings. The zero-order valence-electron chi connectivity index (χ0n) is 12.8. The van der Waals surface area contributed by atoms with Crippen molar-refractivity contribution in [3.05, 3.63) is 34.9 Å². The Bertz CT molecular complexity index is 547. The molecular weight excluding hydrogens is 320 g/mol. The highest BCUT2D eigenvalue weighted by Gasteiger charge is 2.19. The van der Waals surface area contributed by atoms with E-state index in [0.717, 1.165) is 26.2 Å². The second-order valence-electron chi connectivity index (χ2n) is 5.32. The van der Waals surface area contributed by atoms with Crippen LogP contribution in [0.2, 0.25) is 5.02 Å². The van der Waals surface area contributed by atoms with Gasteiger partial charge in [0.2, 0.25) is 0 Å². The molecule has 0 aromatic heterocycles. The lowest BCUT2D eigenvalue weighted by Gasteiger charge is -2.33. The van der Waals surface area contributed by atoms with Gasteiger partial charge < -0.3 is 5.11 Å². The molecule has 1 aromatic carbocycles. The van der Waals surface area contributed by atoms with Crippen LogP contribution < -0.4 is 10.9 Å². The van der Waals surface area contributed by atoms with E-state index in [1.165, 1.54) is 0 Å². The fourth-order valence-corrected chi connectivity index (χ4v) is 2.62. The Kier molecular flexibility index (Phi) is 6.79. The summed E-state index contributed by atoms with van der Waals surface area (Å²) in [6.45, 7) is 4.18. The Morgan fingerprint density at radius 1 is 1.09 bits per heavy atom. The first kappa shape index (κ1) is 17.7. The molecule has 0 radical (unpaired) electrons. The topological polar surface area (TPSA) is 84.9 Å². The summed E-state index contributed by atoms with van der Waals surface area (Å²) in [5.41, 5.74) is 5.08. The summed E-state index contributed by atoms with van der Waals surface area (Å²) in [7, 11) is 0. The van der Waals surface area contributed by atoms with Crippen molar-refractivity contribution in [3.8, 4) is 0 Å². The number of aliphatic hydroxyl groups is 1. The fourth-order valence-electron chi connectivity index (χ4n) is 2.39. The van der Waals surface area contributed by atoms with Gasteiger partial charge in [0, 0.05) is 32.7 Å². The number of halogens is 1. The number of nitrogens with one attached hydrogen (secondary N) is 2. The molecule has 1 heterocycles. The highest BCUT2D eigenvalue weighted by atomic mass is 35.5. The fraction of sp³-hybridized carbons (Fsp3) is 0.467. The molecule has 1 saturated heterocycles.